The van der Waals surface area contributed by atoms with Gasteiger partial charge in [-0.15, -0.1) is 0 Å². The van der Waals surface area contributed by atoms with Gasteiger partial charge in [0.15, 0.2) is 5.78 Å². The summed E-state index contributed by atoms with van der Waals surface area (Å²) in [4.78, 5) is 14.3. The Morgan fingerprint density at radius 3 is 2.36 bits per heavy atom. The van der Waals surface area contributed by atoms with Gasteiger partial charge in [-0.3, -0.25) is 4.79 Å². The third kappa shape index (κ3) is 4.74. The van der Waals surface area contributed by atoms with Gasteiger partial charge >= 0.3 is 6.18 Å². The van der Waals surface area contributed by atoms with Crippen molar-refractivity contribution in [2.45, 2.75) is 31.0 Å². The Morgan fingerprint density at radius 2 is 1.75 bits per heavy atom. The van der Waals surface area contributed by atoms with Crippen LogP contribution in [0.3, 0.4) is 0 Å². The summed E-state index contributed by atoms with van der Waals surface area (Å²) < 4.78 is 39.3. The molecule has 1 N–H and O–H groups in total. The number of hydrogen-bond donors (Lipinski definition) is 1. The average molecular weight is 412 g/mol. The molecule has 0 aromatic heterocycles. The van der Waals surface area contributed by atoms with Crippen molar-refractivity contribution in [3.63, 3.8) is 0 Å². The number of aliphatic hydroxyl groups is 1. The van der Waals surface area contributed by atoms with Crippen molar-refractivity contribution in [3.8, 4) is 0 Å². The highest BCUT2D eigenvalue weighted by atomic mass is 35.5. The second kappa shape index (κ2) is 8.23. The van der Waals surface area contributed by atoms with Gasteiger partial charge in [0.1, 0.15) is 0 Å². The van der Waals surface area contributed by atoms with Crippen molar-refractivity contribution in [2.24, 2.45) is 0 Å². The summed E-state index contributed by atoms with van der Waals surface area (Å²) >= 11 is 5.67. The van der Waals surface area contributed by atoms with Crippen LogP contribution in [0, 0.1) is 0 Å². The maximum absolute atomic E-state index is 13.1. The Balaban J connectivity index is 1.61. The number of ketones is 1. The largest absolute Gasteiger partial charge is 0.417 e. The minimum atomic E-state index is -4.57. The van der Waals surface area contributed by atoms with Gasteiger partial charge in [0.05, 0.1) is 16.2 Å². The Bertz CT molecular complexity index is 831. The molecule has 1 aliphatic rings. The number of halogens is 4. The van der Waals surface area contributed by atoms with Gasteiger partial charge in [-0.2, -0.15) is 13.2 Å². The standard InChI is InChI=1S/C21H21ClF3NO2/c22-18-7-6-16(14-17(18)21(23,24)25)20(28)9-12-26(13-10-20)11-8-19(27)15-4-2-1-3-5-15/h1-7,14,28H,8-13H2. The molecule has 3 rings (SSSR count). The minimum Gasteiger partial charge on any atom is -0.385 e. The van der Waals surface area contributed by atoms with Crippen molar-refractivity contribution < 1.29 is 23.1 Å². The van der Waals surface area contributed by atoms with Crippen LogP contribution in [-0.4, -0.2) is 35.4 Å². The summed E-state index contributed by atoms with van der Waals surface area (Å²) in [6, 6.07) is 12.6. The second-order valence-electron chi connectivity index (χ2n) is 7.10. The zero-order chi connectivity index (χ0) is 20.4. The van der Waals surface area contributed by atoms with Crippen molar-refractivity contribution in [1.29, 1.82) is 0 Å². The predicted octanol–water partition coefficient (Wildman–Crippen LogP) is 4.92. The number of benzene rings is 2. The lowest BCUT2D eigenvalue weighted by molar-refractivity contribution is -0.137. The van der Waals surface area contributed by atoms with E-state index in [0.29, 0.717) is 44.5 Å². The van der Waals surface area contributed by atoms with Gasteiger partial charge in [0.25, 0.3) is 0 Å². The number of piperidine rings is 1. The molecule has 1 aliphatic heterocycles. The van der Waals surface area contributed by atoms with Gasteiger partial charge in [0, 0.05) is 31.6 Å². The third-order valence-electron chi connectivity index (χ3n) is 5.24. The van der Waals surface area contributed by atoms with E-state index in [9.17, 15) is 23.1 Å². The first-order valence-electron chi connectivity index (χ1n) is 9.09. The van der Waals surface area contributed by atoms with Gasteiger partial charge in [-0.25, -0.2) is 0 Å². The highest BCUT2D eigenvalue weighted by Crippen LogP contribution is 2.39. The smallest absolute Gasteiger partial charge is 0.385 e. The molecule has 1 heterocycles. The van der Waals surface area contributed by atoms with E-state index in [2.05, 4.69) is 4.90 Å². The molecule has 1 fully saturated rings. The lowest BCUT2D eigenvalue weighted by Gasteiger charge is -2.38. The number of nitrogens with zero attached hydrogens (tertiary/aromatic N) is 1. The van der Waals surface area contributed by atoms with Crippen LogP contribution in [0.4, 0.5) is 13.2 Å². The zero-order valence-corrected chi connectivity index (χ0v) is 15.9. The number of carbonyl (C=O) groups excluding carboxylic acids is 1. The molecule has 28 heavy (non-hydrogen) atoms. The van der Waals surface area contributed by atoms with Crippen LogP contribution in [0.1, 0.15) is 40.7 Å². The van der Waals surface area contributed by atoms with E-state index in [1.165, 1.54) is 12.1 Å². The predicted molar refractivity (Wildman–Crippen MR) is 101 cm³/mol. The molecule has 0 radical (unpaired) electrons. The Morgan fingerprint density at radius 1 is 1.11 bits per heavy atom. The molecule has 2 aromatic rings. The monoisotopic (exact) mass is 411 g/mol. The number of alkyl halides is 3. The number of rotatable bonds is 5. The number of hydrogen-bond acceptors (Lipinski definition) is 3. The van der Waals surface area contributed by atoms with E-state index >= 15 is 0 Å². The molecule has 2 aromatic carbocycles. The van der Waals surface area contributed by atoms with Crippen molar-refractivity contribution in [1.82, 2.24) is 4.90 Å². The van der Waals surface area contributed by atoms with Crippen LogP contribution in [0.15, 0.2) is 48.5 Å². The first-order chi connectivity index (χ1) is 13.2. The fraction of sp³-hybridized carbons (Fsp3) is 0.381. The van der Waals surface area contributed by atoms with Gasteiger partial charge < -0.3 is 10.0 Å². The molecule has 3 nitrogen and oxygen atoms in total. The molecular weight excluding hydrogens is 391 g/mol. The molecule has 0 bridgehead atoms. The highest BCUT2D eigenvalue weighted by Gasteiger charge is 2.38. The van der Waals surface area contributed by atoms with Crippen LogP contribution < -0.4 is 0 Å². The summed E-state index contributed by atoms with van der Waals surface area (Å²) in [5.41, 5.74) is -1.37. The quantitative estimate of drug-likeness (QED) is 0.710. The van der Waals surface area contributed by atoms with Crippen LogP contribution in [0.2, 0.25) is 5.02 Å². The summed E-state index contributed by atoms with van der Waals surface area (Å²) in [5.74, 6) is 0.0500. The normalized spacial score (nSPS) is 17.5. The van der Waals surface area contributed by atoms with Crippen LogP contribution in [0.25, 0.3) is 0 Å². The summed E-state index contributed by atoms with van der Waals surface area (Å²) in [5, 5.41) is 10.5. The lowest BCUT2D eigenvalue weighted by atomic mass is 9.83. The van der Waals surface area contributed by atoms with E-state index in [1.807, 2.05) is 18.2 Å². The number of likely N-dealkylation sites (tertiary alicyclic amines) is 1. The lowest BCUT2D eigenvalue weighted by Crippen LogP contribution is -2.43. The summed E-state index contributed by atoms with van der Waals surface area (Å²) in [6.45, 7) is 1.56. The molecule has 0 amide bonds. The average Bonchev–Trinajstić information content (AvgIpc) is 2.67. The van der Waals surface area contributed by atoms with E-state index in [4.69, 9.17) is 11.6 Å². The van der Waals surface area contributed by atoms with Crippen LogP contribution in [0.5, 0.6) is 0 Å². The Labute approximate surface area is 166 Å². The fourth-order valence-corrected chi connectivity index (χ4v) is 3.72. The van der Waals surface area contributed by atoms with Gasteiger partial charge in [0.2, 0.25) is 0 Å². The third-order valence-corrected chi connectivity index (χ3v) is 5.57. The maximum Gasteiger partial charge on any atom is 0.417 e. The highest BCUT2D eigenvalue weighted by molar-refractivity contribution is 6.31. The number of Topliss-reactive ketones (excluding diaryl/α,β-unsaturated/α-hetero) is 1. The van der Waals surface area contributed by atoms with Crippen LogP contribution in [-0.2, 0) is 11.8 Å². The summed E-state index contributed by atoms with van der Waals surface area (Å²) in [7, 11) is 0. The second-order valence-corrected chi connectivity index (χ2v) is 7.51. The van der Waals surface area contributed by atoms with Crippen molar-refractivity contribution >= 4 is 17.4 Å². The Hall–Kier alpha value is -1.89. The maximum atomic E-state index is 13.1. The van der Waals surface area contributed by atoms with E-state index in [-0.39, 0.29) is 16.4 Å². The first kappa shape index (κ1) is 20.8. The van der Waals surface area contributed by atoms with Gasteiger partial charge in [-0.1, -0.05) is 48.0 Å². The van der Waals surface area contributed by atoms with Crippen LogP contribution >= 0.6 is 11.6 Å². The molecule has 1 saturated heterocycles. The molecule has 0 saturated carbocycles. The SMILES string of the molecule is O=C(CCN1CCC(O)(c2ccc(Cl)c(C(F)(F)F)c2)CC1)c1ccccc1. The van der Waals surface area contributed by atoms with E-state index < -0.39 is 17.3 Å². The summed E-state index contributed by atoms with van der Waals surface area (Å²) in [6.07, 6.45) is -3.61. The molecule has 150 valence electrons. The molecule has 0 atom stereocenters. The minimum absolute atomic E-state index is 0.0500. The topological polar surface area (TPSA) is 40.5 Å². The van der Waals surface area contributed by atoms with E-state index in [1.54, 1.807) is 12.1 Å². The molecule has 0 aliphatic carbocycles. The van der Waals surface area contributed by atoms with E-state index in [0.717, 1.165) is 6.07 Å². The first-order valence-corrected chi connectivity index (χ1v) is 9.47. The molecule has 7 heteroatoms. The van der Waals surface area contributed by atoms with Gasteiger partial charge in [-0.05, 0) is 30.5 Å². The van der Waals surface area contributed by atoms with Crippen molar-refractivity contribution in [3.05, 3.63) is 70.2 Å². The zero-order valence-electron chi connectivity index (χ0n) is 15.2. The molecular formula is C21H21ClF3NO2. The molecule has 0 spiro atoms. The van der Waals surface area contributed by atoms with Crippen molar-refractivity contribution in [2.75, 3.05) is 19.6 Å². The number of carbonyl (C=O) groups is 1. The Kier molecular flexibility index (Phi) is 6.12. The molecule has 0 unspecified atom stereocenters. The fourth-order valence-electron chi connectivity index (χ4n) is 3.50.